The van der Waals surface area contributed by atoms with Gasteiger partial charge in [-0.2, -0.15) is 0 Å². The summed E-state index contributed by atoms with van der Waals surface area (Å²) >= 11 is 0. The minimum atomic E-state index is 0.00843. The molecule has 2 atom stereocenters. The van der Waals surface area contributed by atoms with Crippen molar-refractivity contribution in [1.82, 2.24) is 10.1 Å². The normalized spacial score (nSPS) is 25.0. The van der Waals surface area contributed by atoms with Crippen LogP contribution in [-0.2, 0) is 0 Å². The van der Waals surface area contributed by atoms with Crippen molar-refractivity contribution >= 4 is 5.91 Å². The minimum Gasteiger partial charge on any atom is -0.361 e. The van der Waals surface area contributed by atoms with Crippen LogP contribution in [0.4, 0.5) is 0 Å². The van der Waals surface area contributed by atoms with Crippen LogP contribution < -0.4 is 5.73 Å². The van der Waals surface area contributed by atoms with Crippen molar-refractivity contribution in [2.45, 2.75) is 32.7 Å². The summed E-state index contributed by atoms with van der Waals surface area (Å²) in [6, 6.07) is 0.215. The standard InChI is InChI=1S/C12H19N3O2/c1-3-9-7-15(5-4-11(9)13)12(16)10-6-14-17-8(10)2/h6,9,11H,3-5,7,13H2,1-2H3. The third-order valence-corrected chi connectivity index (χ3v) is 3.59. The molecule has 2 unspecified atom stereocenters. The highest BCUT2D eigenvalue weighted by molar-refractivity contribution is 5.94. The number of amides is 1. The summed E-state index contributed by atoms with van der Waals surface area (Å²) in [7, 11) is 0. The number of aromatic nitrogens is 1. The molecule has 0 bridgehead atoms. The summed E-state index contributed by atoms with van der Waals surface area (Å²) in [5, 5.41) is 3.64. The predicted octanol–water partition coefficient (Wildman–Crippen LogP) is 1.18. The van der Waals surface area contributed by atoms with Gasteiger partial charge >= 0.3 is 0 Å². The van der Waals surface area contributed by atoms with E-state index in [1.54, 1.807) is 6.92 Å². The number of piperidine rings is 1. The van der Waals surface area contributed by atoms with Crippen LogP contribution in [0.5, 0.6) is 0 Å². The molecule has 1 aliphatic heterocycles. The molecule has 2 N–H and O–H groups in total. The lowest BCUT2D eigenvalue weighted by atomic mass is 9.90. The summed E-state index contributed by atoms with van der Waals surface area (Å²) in [4.78, 5) is 14.1. The van der Waals surface area contributed by atoms with Gasteiger partial charge in [0.1, 0.15) is 11.3 Å². The average molecular weight is 237 g/mol. The van der Waals surface area contributed by atoms with E-state index in [0.29, 0.717) is 17.2 Å². The molecule has 5 nitrogen and oxygen atoms in total. The summed E-state index contributed by atoms with van der Waals surface area (Å²) in [6.45, 7) is 5.33. The number of hydrogen-bond donors (Lipinski definition) is 1. The van der Waals surface area contributed by atoms with Crippen LogP contribution in [-0.4, -0.2) is 35.1 Å². The van der Waals surface area contributed by atoms with E-state index in [1.165, 1.54) is 6.20 Å². The van der Waals surface area contributed by atoms with Gasteiger partial charge in [0.05, 0.1) is 6.20 Å². The van der Waals surface area contributed by atoms with E-state index in [0.717, 1.165) is 25.9 Å². The second kappa shape index (κ2) is 4.87. The molecule has 1 aromatic heterocycles. The molecular weight excluding hydrogens is 218 g/mol. The Kier molecular flexibility index (Phi) is 3.47. The molecule has 0 aliphatic carbocycles. The van der Waals surface area contributed by atoms with Crippen LogP contribution in [0.25, 0.3) is 0 Å². The number of nitrogens with zero attached hydrogens (tertiary/aromatic N) is 2. The van der Waals surface area contributed by atoms with Crippen molar-refractivity contribution in [3.63, 3.8) is 0 Å². The molecule has 17 heavy (non-hydrogen) atoms. The Bertz CT molecular complexity index is 402. The van der Waals surface area contributed by atoms with Crippen LogP contribution in [0.15, 0.2) is 10.7 Å². The third kappa shape index (κ3) is 2.34. The third-order valence-electron chi connectivity index (χ3n) is 3.59. The van der Waals surface area contributed by atoms with Crippen molar-refractivity contribution in [2.75, 3.05) is 13.1 Å². The van der Waals surface area contributed by atoms with Crippen LogP contribution in [0, 0.1) is 12.8 Å². The van der Waals surface area contributed by atoms with Crippen molar-refractivity contribution in [3.05, 3.63) is 17.5 Å². The summed E-state index contributed by atoms with van der Waals surface area (Å²) in [6.07, 6.45) is 3.37. The summed E-state index contributed by atoms with van der Waals surface area (Å²) in [5.74, 6) is 0.986. The lowest BCUT2D eigenvalue weighted by Crippen LogP contribution is -2.49. The average Bonchev–Trinajstić information content (AvgIpc) is 2.75. The number of hydrogen-bond acceptors (Lipinski definition) is 4. The zero-order valence-electron chi connectivity index (χ0n) is 10.3. The van der Waals surface area contributed by atoms with Gasteiger partial charge in [-0.25, -0.2) is 0 Å². The minimum absolute atomic E-state index is 0.00843. The van der Waals surface area contributed by atoms with Crippen LogP contribution in [0.2, 0.25) is 0 Å². The Morgan fingerprint density at radius 3 is 3.06 bits per heavy atom. The van der Waals surface area contributed by atoms with Crippen LogP contribution in [0.3, 0.4) is 0 Å². The van der Waals surface area contributed by atoms with E-state index in [-0.39, 0.29) is 11.9 Å². The van der Waals surface area contributed by atoms with Gasteiger partial charge in [0.2, 0.25) is 0 Å². The monoisotopic (exact) mass is 237 g/mol. The number of aryl methyl sites for hydroxylation is 1. The van der Waals surface area contributed by atoms with E-state index >= 15 is 0 Å². The van der Waals surface area contributed by atoms with Crippen molar-refractivity contribution < 1.29 is 9.32 Å². The SMILES string of the molecule is CCC1CN(C(=O)c2cnoc2C)CCC1N. The molecule has 1 saturated heterocycles. The molecule has 0 aromatic carbocycles. The molecule has 94 valence electrons. The Morgan fingerprint density at radius 2 is 2.47 bits per heavy atom. The molecular formula is C12H19N3O2. The van der Waals surface area contributed by atoms with Crippen LogP contribution >= 0.6 is 0 Å². The topological polar surface area (TPSA) is 72.4 Å². The summed E-state index contributed by atoms with van der Waals surface area (Å²) < 4.78 is 4.93. The number of carbonyl (C=O) groups is 1. The van der Waals surface area contributed by atoms with E-state index in [2.05, 4.69) is 12.1 Å². The van der Waals surface area contributed by atoms with Crippen molar-refractivity contribution in [1.29, 1.82) is 0 Å². The van der Waals surface area contributed by atoms with E-state index in [9.17, 15) is 4.79 Å². The first-order valence-corrected chi connectivity index (χ1v) is 6.09. The maximum absolute atomic E-state index is 12.2. The fourth-order valence-corrected chi connectivity index (χ4v) is 2.34. The second-order valence-corrected chi connectivity index (χ2v) is 4.67. The molecule has 0 radical (unpaired) electrons. The van der Waals surface area contributed by atoms with Gasteiger partial charge in [-0.3, -0.25) is 4.79 Å². The van der Waals surface area contributed by atoms with E-state index in [4.69, 9.17) is 10.3 Å². The highest BCUT2D eigenvalue weighted by atomic mass is 16.5. The molecule has 2 heterocycles. The first-order chi connectivity index (χ1) is 8.13. The molecule has 5 heteroatoms. The molecule has 2 rings (SSSR count). The number of likely N-dealkylation sites (tertiary alicyclic amines) is 1. The molecule has 1 fully saturated rings. The van der Waals surface area contributed by atoms with Gasteiger partial charge in [0.25, 0.3) is 5.91 Å². The first-order valence-electron chi connectivity index (χ1n) is 6.09. The number of carbonyl (C=O) groups excluding carboxylic acids is 1. The molecule has 1 aliphatic rings. The Morgan fingerprint density at radius 1 is 1.71 bits per heavy atom. The maximum atomic E-state index is 12.2. The van der Waals surface area contributed by atoms with Crippen LogP contribution in [0.1, 0.15) is 35.9 Å². The van der Waals surface area contributed by atoms with Gasteiger partial charge < -0.3 is 15.2 Å². The first kappa shape index (κ1) is 12.1. The quantitative estimate of drug-likeness (QED) is 0.838. The molecule has 1 aromatic rings. The highest BCUT2D eigenvalue weighted by Gasteiger charge is 2.29. The largest absolute Gasteiger partial charge is 0.361 e. The summed E-state index contributed by atoms with van der Waals surface area (Å²) in [5.41, 5.74) is 6.60. The maximum Gasteiger partial charge on any atom is 0.259 e. The number of nitrogens with two attached hydrogens (primary N) is 1. The fourth-order valence-electron chi connectivity index (χ4n) is 2.34. The highest BCUT2D eigenvalue weighted by Crippen LogP contribution is 2.21. The fraction of sp³-hybridized carbons (Fsp3) is 0.667. The lowest BCUT2D eigenvalue weighted by Gasteiger charge is -2.36. The number of rotatable bonds is 2. The zero-order chi connectivity index (χ0) is 12.4. The smallest absolute Gasteiger partial charge is 0.259 e. The Balaban J connectivity index is 2.09. The van der Waals surface area contributed by atoms with Gasteiger partial charge in [0, 0.05) is 19.1 Å². The Labute approximate surface area is 101 Å². The molecule has 0 saturated carbocycles. The van der Waals surface area contributed by atoms with Crippen molar-refractivity contribution in [3.8, 4) is 0 Å². The van der Waals surface area contributed by atoms with Crippen molar-refractivity contribution in [2.24, 2.45) is 11.7 Å². The van der Waals surface area contributed by atoms with E-state index < -0.39 is 0 Å². The lowest BCUT2D eigenvalue weighted by molar-refractivity contribution is 0.0647. The second-order valence-electron chi connectivity index (χ2n) is 4.67. The molecule has 0 spiro atoms. The van der Waals surface area contributed by atoms with Gasteiger partial charge in [0.15, 0.2) is 0 Å². The van der Waals surface area contributed by atoms with Gasteiger partial charge in [-0.05, 0) is 19.3 Å². The zero-order valence-corrected chi connectivity index (χ0v) is 10.3. The Hall–Kier alpha value is -1.36. The van der Waals surface area contributed by atoms with E-state index in [1.807, 2.05) is 4.90 Å². The van der Waals surface area contributed by atoms with Gasteiger partial charge in [-0.15, -0.1) is 0 Å². The molecule has 1 amide bonds. The predicted molar refractivity (Wildman–Crippen MR) is 63.5 cm³/mol. The van der Waals surface area contributed by atoms with Gasteiger partial charge in [-0.1, -0.05) is 18.5 Å².